The van der Waals surface area contributed by atoms with Crippen LogP contribution in [0.15, 0.2) is 55.0 Å². The molecule has 3 rings (SSSR count). The van der Waals surface area contributed by atoms with E-state index in [9.17, 15) is 9.59 Å². The summed E-state index contributed by atoms with van der Waals surface area (Å²) < 4.78 is 7.05. The first-order valence-electron chi connectivity index (χ1n) is 8.54. The van der Waals surface area contributed by atoms with Crippen LogP contribution >= 0.6 is 0 Å². The molecule has 0 fully saturated rings. The Balaban J connectivity index is 1.60. The molecule has 0 saturated heterocycles. The number of nitrogens with zero attached hydrogens (tertiary/aromatic N) is 5. The third-order valence-electron chi connectivity index (χ3n) is 3.79. The van der Waals surface area contributed by atoms with E-state index in [1.54, 1.807) is 50.8 Å². The predicted molar refractivity (Wildman–Crippen MR) is 102 cm³/mol. The molecular formula is C19H20N6O3. The van der Waals surface area contributed by atoms with Crippen LogP contribution in [0.2, 0.25) is 0 Å². The van der Waals surface area contributed by atoms with Crippen molar-refractivity contribution in [1.82, 2.24) is 24.9 Å². The van der Waals surface area contributed by atoms with Crippen molar-refractivity contribution in [3.8, 4) is 5.75 Å². The number of carbonyl (C=O) groups is 2. The number of hydrogen-bond donors (Lipinski definition) is 1. The standard InChI is InChI=1S/C19H20N6O3/c1-24(2)18(26)12-25-11-17(22-23-25)19(27)21-15-6-3-7-16(9-15)28-13-14-5-4-8-20-10-14/h3-11H,12-13H2,1-2H3,(H,21,27). The van der Waals surface area contributed by atoms with Gasteiger partial charge in [-0.1, -0.05) is 17.3 Å². The average molecular weight is 380 g/mol. The van der Waals surface area contributed by atoms with Crippen molar-refractivity contribution in [3.63, 3.8) is 0 Å². The van der Waals surface area contributed by atoms with E-state index in [-0.39, 0.29) is 18.1 Å². The Morgan fingerprint density at radius 3 is 2.82 bits per heavy atom. The summed E-state index contributed by atoms with van der Waals surface area (Å²) in [4.78, 5) is 29.6. The molecule has 0 saturated carbocycles. The second-order valence-electron chi connectivity index (χ2n) is 6.22. The highest BCUT2D eigenvalue weighted by molar-refractivity contribution is 6.02. The van der Waals surface area contributed by atoms with Gasteiger partial charge in [-0.2, -0.15) is 0 Å². The van der Waals surface area contributed by atoms with Crippen molar-refractivity contribution in [1.29, 1.82) is 0 Å². The average Bonchev–Trinajstić information content (AvgIpc) is 3.16. The number of hydrogen-bond acceptors (Lipinski definition) is 6. The van der Waals surface area contributed by atoms with Gasteiger partial charge in [0.1, 0.15) is 18.9 Å². The van der Waals surface area contributed by atoms with Crippen molar-refractivity contribution < 1.29 is 14.3 Å². The molecule has 1 N–H and O–H groups in total. The lowest BCUT2D eigenvalue weighted by Crippen LogP contribution is -2.26. The molecular weight excluding hydrogens is 360 g/mol. The highest BCUT2D eigenvalue weighted by Crippen LogP contribution is 2.19. The number of ether oxygens (including phenoxy) is 1. The second kappa shape index (κ2) is 8.76. The highest BCUT2D eigenvalue weighted by atomic mass is 16.5. The smallest absolute Gasteiger partial charge is 0.277 e. The first kappa shape index (κ1) is 19.0. The summed E-state index contributed by atoms with van der Waals surface area (Å²) in [5.74, 6) is 0.0465. The summed E-state index contributed by atoms with van der Waals surface area (Å²) in [5, 5.41) is 10.4. The first-order chi connectivity index (χ1) is 13.5. The van der Waals surface area contributed by atoms with Crippen LogP contribution in [0.1, 0.15) is 16.1 Å². The van der Waals surface area contributed by atoms with Gasteiger partial charge in [-0.25, -0.2) is 4.68 Å². The molecule has 0 unspecified atom stereocenters. The molecule has 144 valence electrons. The quantitative estimate of drug-likeness (QED) is 0.668. The van der Waals surface area contributed by atoms with Gasteiger partial charge >= 0.3 is 0 Å². The van der Waals surface area contributed by atoms with E-state index in [2.05, 4.69) is 20.6 Å². The van der Waals surface area contributed by atoms with E-state index in [1.807, 2.05) is 12.1 Å². The SMILES string of the molecule is CN(C)C(=O)Cn1cc(C(=O)Nc2cccc(OCc3cccnc3)c2)nn1. The maximum atomic E-state index is 12.4. The van der Waals surface area contributed by atoms with Crippen LogP contribution in [-0.4, -0.2) is 50.8 Å². The van der Waals surface area contributed by atoms with Crippen LogP contribution < -0.4 is 10.1 Å². The van der Waals surface area contributed by atoms with Gasteiger partial charge in [0, 0.05) is 43.8 Å². The van der Waals surface area contributed by atoms with Crippen LogP contribution in [0.5, 0.6) is 5.75 Å². The third kappa shape index (κ3) is 5.13. The third-order valence-corrected chi connectivity index (χ3v) is 3.79. The number of amides is 2. The van der Waals surface area contributed by atoms with E-state index >= 15 is 0 Å². The van der Waals surface area contributed by atoms with Crippen LogP contribution in [0, 0.1) is 0 Å². The van der Waals surface area contributed by atoms with Gasteiger partial charge in [-0.15, -0.1) is 5.10 Å². The summed E-state index contributed by atoms with van der Waals surface area (Å²) in [5.41, 5.74) is 1.63. The molecule has 0 bridgehead atoms. The fourth-order valence-corrected chi connectivity index (χ4v) is 2.27. The molecule has 0 aliphatic rings. The monoisotopic (exact) mass is 380 g/mol. The van der Waals surface area contributed by atoms with Gasteiger partial charge in [0.05, 0.1) is 6.20 Å². The molecule has 0 radical (unpaired) electrons. The van der Waals surface area contributed by atoms with Gasteiger partial charge in [-0.05, 0) is 18.2 Å². The Kier molecular flexibility index (Phi) is 5.95. The van der Waals surface area contributed by atoms with Gasteiger partial charge in [0.2, 0.25) is 5.91 Å². The Labute approximate surface area is 161 Å². The molecule has 9 nitrogen and oxygen atoms in total. The summed E-state index contributed by atoms with van der Waals surface area (Å²) in [7, 11) is 3.30. The Morgan fingerprint density at radius 2 is 2.07 bits per heavy atom. The molecule has 1 aromatic carbocycles. The number of anilines is 1. The number of carbonyl (C=O) groups excluding carboxylic acids is 2. The minimum Gasteiger partial charge on any atom is -0.489 e. The van der Waals surface area contributed by atoms with Crippen molar-refractivity contribution in [3.05, 3.63) is 66.2 Å². The van der Waals surface area contributed by atoms with Crippen molar-refractivity contribution >= 4 is 17.5 Å². The first-order valence-corrected chi connectivity index (χ1v) is 8.54. The van der Waals surface area contributed by atoms with Gasteiger partial charge in [-0.3, -0.25) is 14.6 Å². The molecule has 0 aliphatic carbocycles. The number of aromatic nitrogens is 4. The molecule has 0 spiro atoms. The molecule has 28 heavy (non-hydrogen) atoms. The summed E-state index contributed by atoms with van der Waals surface area (Å²) in [6.07, 6.45) is 4.86. The fraction of sp³-hybridized carbons (Fsp3) is 0.211. The van der Waals surface area contributed by atoms with Crippen LogP contribution in [0.4, 0.5) is 5.69 Å². The molecule has 9 heteroatoms. The van der Waals surface area contributed by atoms with Crippen molar-refractivity contribution in [2.45, 2.75) is 13.2 Å². The van der Waals surface area contributed by atoms with Gasteiger partial charge < -0.3 is 15.0 Å². The molecule has 2 heterocycles. The van der Waals surface area contributed by atoms with E-state index in [0.29, 0.717) is 18.0 Å². The van der Waals surface area contributed by atoms with E-state index in [0.717, 1.165) is 5.56 Å². The molecule has 0 atom stereocenters. The zero-order chi connectivity index (χ0) is 19.9. The largest absolute Gasteiger partial charge is 0.489 e. The van der Waals surface area contributed by atoms with E-state index < -0.39 is 5.91 Å². The van der Waals surface area contributed by atoms with Crippen LogP contribution in [0.3, 0.4) is 0 Å². The predicted octanol–water partition coefficient (Wildman–Crippen LogP) is 1.59. The van der Waals surface area contributed by atoms with Gasteiger partial charge in [0.25, 0.3) is 5.91 Å². The number of rotatable bonds is 7. The molecule has 2 aromatic heterocycles. The topological polar surface area (TPSA) is 102 Å². The van der Waals surface area contributed by atoms with E-state index in [1.165, 1.54) is 15.8 Å². The number of nitrogens with one attached hydrogen (secondary N) is 1. The fourth-order valence-electron chi connectivity index (χ4n) is 2.27. The number of pyridine rings is 1. The summed E-state index contributed by atoms with van der Waals surface area (Å²) in [6.45, 7) is 0.393. The van der Waals surface area contributed by atoms with Gasteiger partial charge in [0.15, 0.2) is 5.69 Å². The van der Waals surface area contributed by atoms with Crippen LogP contribution in [-0.2, 0) is 17.9 Å². The lowest BCUT2D eigenvalue weighted by atomic mass is 10.3. The minimum atomic E-state index is -0.423. The maximum absolute atomic E-state index is 12.4. The maximum Gasteiger partial charge on any atom is 0.277 e. The molecule has 2 amide bonds. The number of benzene rings is 1. The zero-order valence-electron chi connectivity index (χ0n) is 15.6. The lowest BCUT2D eigenvalue weighted by Gasteiger charge is -2.09. The lowest BCUT2D eigenvalue weighted by molar-refractivity contribution is -0.129. The number of likely N-dealkylation sites (N-methyl/N-ethyl adjacent to an activating group) is 1. The molecule has 0 aliphatic heterocycles. The normalized spacial score (nSPS) is 10.4. The van der Waals surface area contributed by atoms with E-state index in [4.69, 9.17) is 4.74 Å². The van der Waals surface area contributed by atoms with Crippen LogP contribution in [0.25, 0.3) is 0 Å². The zero-order valence-corrected chi connectivity index (χ0v) is 15.6. The highest BCUT2D eigenvalue weighted by Gasteiger charge is 2.13. The summed E-state index contributed by atoms with van der Waals surface area (Å²) >= 11 is 0. The molecule has 3 aromatic rings. The Bertz CT molecular complexity index is 955. The Hall–Kier alpha value is -3.75. The minimum absolute atomic E-state index is 0.0188. The summed E-state index contributed by atoms with van der Waals surface area (Å²) in [6, 6.07) is 10.8. The van der Waals surface area contributed by atoms with Crippen molar-refractivity contribution in [2.75, 3.05) is 19.4 Å². The second-order valence-corrected chi connectivity index (χ2v) is 6.22. The Morgan fingerprint density at radius 1 is 1.21 bits per heavy atom. The van der Waals surface area contributed by atoms with Crippen molar-refractivity contribution in [2.24, 2.45) is 0 Å².